The van der Waals surface area contributed by atoms with Gasteiger partial charge in [-0.2, -0.15) is 0 Å². The maximum atomic E-state index is 13.1. The van der Waals surface area contributed by atoms with Crippen LogP contribution < -0.4 is 0 Å². The Morgan fingerprint density at radius 1 is 0.284 bits per heavy atom. The largest absolute Gasteiger partial charge is 0.472 e. The number of esters is 4. The fourth-order valence-electron chi connectivity index (χ4n) is 10.6. The average Bonchev–Trinajstić information content (AvgIpc) is 0.923. The molecule has 0 rings (SSSR count). The average molecular weight is 1480 g/mol. The molecule has 0 heterocycles. The van der Waals surface area contributed by atoms with Gasteiger partial charge in [-0.1, -0.05) is 272 Å². The van der Waals surface area contributed by atoms with Crippen LogP contribution in [0.15, 0.2) is 109 Å². The molecule has 0 aromatic heterocycles. The summed E-state index contributed by atoms with van der Waals surface area (Å²) in [6.45, 7) is 4.61. The summed E-state index contributed by atoms with van der Waals surface area (Å²) in [5, 5.41) is 10.6. The number of allylic oxidation sites excluding steroid dienone is 18. The molecule has 588 valence electrons. The van der Waals surface area contributed by atoms with E-state index in [0.717, 1.165) is 205 Å². The zero-order valence-electron chi connectivity index (χ0n) is 64.3. The summed E-state index contributed by atoms with van der Waals surface area (Å²) in [4.78, 5) is 73.0. The number of unbranched alkanes of at least 4 members (excludes halogenated alkanes) is 31. The number of hydrogen-bond acceptors (Lipinski definition) is 15. The van der Waals surface area contributed by atoms with Crippen molar-refractivity contribution >= 4 is 39.5 Å². The zero-order chi connectivity index (χ0) is 74.6. The van der Waals surface area contributed by atoms with E-state index in [9.17, 15) is 43.2 Å². The number of carbonyl (C=O) groups excluding carboxylic acids is 4. The van der Waals surface area contributed by atoms with Gasteiger partial charge in [-0.3, -0.25) is 37.3 Å². The zero-order valence-corrected chi connectivity index (χ0v) is 66.0. The van der Waals surface area contributed by atoms with Crippen molar-refractivity contribution in [1.29, 1.82) is 0 Å². The second-order valence-corrected chi connectivity index (χ2v) is 29.5. The van der Waals surface area contributed by atoms with E-state index < -0.39 is 97.5 Å². The Balaban J connectivity index is 5.37. The van der Waals surface area contributed by atoms with Gasteiger partial charge in [-0.15, -0.1) is 0 Å². The fourth-order valence-corrected chi connectivity index (χ4v) is 12.2. The van der Waals surface area contributed by atoms with Gasteiger partial charge in [0.25, 0.3) is 0 Å². The maximum absolute atomic E-state index is 13.1. The van der Waals surface area contributed by atoms with Gasteiger partial charge in [-0.25, -0.2) is 9.13 Å². The van der Waals surface area contributed by atoms with Crippen LogP contribution in [0.4, 0.5) is 0 Å². The van der Waals surface area contributed by atoms with Crippen LogP contribution >= 0.6 is 15.6 Å². The molecule has 3 N–H and O–H groups in total. The van der Waals surface area contributed by atoms with Gasteiger partial charge >= 0.3 is 39.5 Å². The number of aliphatic hydroxyl groups is 1. The van der Waals surface area contributed by atoms with Crippen LogP contribution in [0.1, 0.15) is 336 Å². The third-order valence-electron chi connectivity index (χ3n) is 16.7. The van der Waals surface area contributed by atoms with Gasteiger partial charge in [0.2, 0.25) is 0 Å². The van der Waals surface area contributed by atoms with E-state index in [0.29, 0.717) is 25.7 Å². The number of carbonyl (C=O) groups is 4. The minimum atomic E-state index is -4.98. The monoisotopic (exact) mass is 1470 g/mol. The highest BCUT2D eigenvalue weighted by atomic mass is 31.2. The molecule has 5 atom stereocenters. The highest BCUT2D eigenvalue weighted by Gasteiger charge is 2.30. The number of hydrogen-bond donors (Lipinski definition) is 3. The first-order valence-electron chi connectivity index (χ1n) is 40.1. The SMILES string of the molecule is CC/C=C\C/C=C\C/C=C\C/C=C\CCCCCCCCC(=O)OCC(COP(=O)(O)OCC(O)COP(=O)(O)OCC(COC(=O)CCCCCCC/C=C\CCCCCC)OC(=O)CCCCCCC/C=C\CCCCCC)OC(=O)CCCCCCCCC/C=C\C/C=C\C/C=C\CC. The first kappa shape index (κ1) is 97.7. The van der Waals surface area contributed by atoms with Crippen molar-refractivity contribution < 1.29 is 80.2 Å². The van der Waals surface area contributed by atoms with Crippen LogP contribution in [-0.4, -0.2) is 96.7 Å². The number of phosphoric acid groups is 2. The maximum Gasteiger partial charge on any atom is 0.472 e. The molecular weight excluding hydrogens is 1330 g/mol. The number of aliphatic hydroxyl groups excluding tert-OH is 1. The molecule has 0 aliphatic heterocycles. The molecule has 0 aromatic rings. The van der Waals surface area contributed by atoms with Gasteiger partial charge in [0.15, 0.2) is 12.2 Å². The molecule has 0 saturated carbocycles. The van der Waals surface area contributed by atoms with Crippen molar-refractivity contribution in [2.45, 2.75) is 354 Å². The highest BCUT2D eigenvalue weighted by molar-refractivity contribution is 7.47. The van der Waals surface area contributed by atoms with Crippen molar-refractivity contribution in [3.05, 3.63) is 109 Å². The number of ether oxygens (including phenoxy) is 4. The summed E-state index contributed by atoms with van der Waals surface area (Å²) < 4.78 is 68.6. The molecule has 0 spiro atoms. The summed E-state index contributed by atoms with van der Waals surface area (Å²) in [7, 11) is -9.96. The summed E-state index contributed by atoms with van der Waals surface area (Å²) in [5.74, 6) is -2.21. The van der Waals surface area contributed by atoms with Crippen molar-refractivity contribution in [2.75, 3.05) is 39.6 Å². The van der Waals surface area contributed by atoms with Crippen LogP contribution in [-0.2, 0) is 65.4 Å². The molecule has 17 nitrogen and oxygen atoms in total. The van der Waals surface area contributed by atoms with Crippen LogP contribution in [0.3, 0.4) is 0 Å². The molecular formula is C83H144O17P2. The van der Waals surface area contributed by atoms with Crippen LogP contribution in [0.25, 0.3) is 0 Å². The van der Waals surface area contributed by atoms with E-state index in [-0.39, 0.29) is 25.7 Å². The van der Waals surface area contributed by atoms with Gasteiger partial charge in [0.1, 0.15) is 19.3 Å². The number of phosphoric ester groups is 2. The molecule has 0 aliphatic rings. The first-order valence-corrected chi connectivity index (χ1v) is 43.1. The van der Waals surface area contributed by atoms with Crippen LogP contribution in [0.5, 0.6) is 0 Å². The number of rotatable bonds is 75. The standard InChI is InChI=1S/C83H144O17P2/c1-5-9-13-17-21-25-29-33-35-37-38-40-41-45-48-52-56-60-64-68-81(86)94-74-79(100-83(88)70-66-62-58-54-50-46-42-39-36-34-30-26-22-18-14-10-6-2)76-98-102(91,92)96-72-77(84)71-95-101(89,90)97-75-78(99-82(87)69-65-61-57-53-49-44-32-28-24-20-16-12-8-4)73-93-80(85)67-63-59-55-51-47-43-31-27-23-19-15-11-7-3/h9-10,13-14,21-22,25-28,31-36,38,40,77-79,84H,5-8,11-12,15-20,23-24,29-30,37,39,41-76H2,1-4H3,(H,89,90)(H,91,92)/b13-9-,14-10-,25-21-,26-22-,31-27-,32-28-,35-33-,36-34-,40-38-. The second-order valence-electron chi connectivity index (χ2n) is 26.6. The van der Waals surface area contributed by atoms with Crippen molar-refractivity contribution in [1.82, 2.24) is 0 Å². The van der Waals surface area contributed by atoms with Gasteiger partial charge < -0.3 is 33.8 Å². The van der Waals surface area contributed by atoms with E-state index in [4.69, 9.17) is 37.0 Å². The Bertz CT molecular complexity index is 2360. The van der Waals surface area contributed by atoms with Crippen molar-refractivity contribution in [3.8, 4) is 0 Å². The third kappa shape index (κ3) is 74.0. The van der Waals surface area contributed by atoms with E-state index in [1.807, 2.05) is 0 Å². The summed E-state index contributed by atoms with van der Waals surface area (Å²) >= 11 is 0. The predicted molar refractivity (Wildman–Crippen MR) is 418 cm³/mol. The molecule has 0 amide bonds. The Morgan fingerprint density at radius 3 is 0.794 bits per heavy atom. The molecule has 102 heavy (non-hydrogen) atoms. The normalized spacial score (nSPS) is 14.5. The van der Waals surface area contributed by atoms with Crippen molar-refractivity contribution in [2.24, 2.45) is 0 Å². The van der Waals surface area contributed by atoms with Crippen molar-refractivity contribution in [3.63, 3.8) is 0 Å². The Hall–Kier alpha value is -4.28. The quantitative estimate of drug-likeness (QED) is 0.0169. The Morgan fingerprint density at radius 2 is 0.510 bits per heavy atom. The Kier molecular flexibility index (Phi) is 71.8. The lowest BCUT2D eigenvalue weighted by atomic mass is 10.1. The van der Waals surface area contributed by atoms with E-state index in [2.05, 4.69) is 137 Å². The van der Waals surface area contributed by atoms with Gasteiger partial charge in [0.05, 0.1) is 26.4 Å². The fraction of sp³-hybridized carbons (Fsp3) is 0.735. The Labute approximate surface area is 619 Å². The van der Waals surface area contributed by atoms with Gasteiger partial charge in [0, 0.05) is 25.7 Å². The molecule has 0 aliphatic carbocycles. The minimum absolute atomic E-state index is 0.0789. The molecule has 0 fully saturated rings. The van der Waals surface area contributed by atoms with E-state index >= 15 is 0 Å². The lowest BCUT2D eigenvalue weighted by Gasteiger charge is -2.21. The summed E-state index contributed by atoms with van der Waals surface area (Å²) in [6.07, 6.45) is 80.6. The van der Waals surface area contributed by atoms with Crippen LogP contribution in [0.2, 0.25) is 0 Å². The van der Waals surface area contributed by atoms with Gasteiger partial charge in [-0.05, 0) is 148 Å². The molecule has 0 aromatic carbocycles. The summed E-state index contributed by atoms with van der Waals surface area (Å²) in [6, 6.07) is 0. The predicted octanol–water partition coefficient (Wildman–Crippen LogP) is 23.3. The summed E-state index contributed by atoms with van der Waals surface area (Å²) in [5.41, 5.74) is 0. The lowest BCUT2D eigenvalue weighted by molar-refractivity contribution is -0.161. The minimum Gasteiger partial charge on any atom is -0.462 e. The van der Waals surface area contributed by atoms with Crippen LogP contribution in [0, 0.1) is 0 Å². The molecule has 0 saturated heterocycles. The first-order chi connectivity index (χ1) is 49.7. The van der Waals surface area contributed by atoms with E-state index in [1.165, 1.54) is 51.4 Å². The molecule has 5 unspecified atom stereocenters. The molecule has 19 heteroatoms. The second kappa shape index (κ2) is 75.0. The highest BCUT2D eigenvalue weighted by Crippen LogP contribution is 2.45. The third-order valence-corrected chi connectivity index (χ3v) is 18.6. The van der Waals surface area contributed by atoms with E-state index in [1.54, 1.807) is 0 Å². The smallest absolute Gasteiger partial charge is 0.462 e. The lowest BCUT2D eigenvalue weighted by Crippen LogP contribution is -2.30. The molecule has 0 bridgehead atoms. The topological polar surface area (TPSA) is 237 Å². The molecule has 0 radical (unpaired) electrons.